The van der Waals surface area contributed by atoms with Gasteiger partial charge in [-0.15, -0.1) is 0 Å². The van der Waals surface area contributed by atoms with E-state index in [-0.39, 0.29) is 0 Å². The van der Waals surface area contributed by atoms with Crippen LogP contribution in [0.5, 0.6) is 5.75 Å². The zero-order valence-corrected chi connectivity index (χ0v) is 17.3. The summed E-state index contributed by atoms with van der Waals surface area (Å²) in [6.45, 7) is 3.91. The molecular weight excluding hydrogens is 362 g/mol. The molecule has 1 atom stereocenters. The third kappa shape index (κ3) is 4.69. The SMILES string of the molecule is COCC1CCCN(Cc2cn(-c3ccccc3)nc2-c2cccc(OC)c2)C1. The summed E-state index contributed by atoms with van der Waals surface area (Å²) in [7, 11) is 3.50. The average Bonchev–Trinajstić information content (AvgIpc) is 3.19. The van der Waals surface area contributed by atoms with E-state index in [1.165, 1.54) is 18.4 Å². The number of rotatable bonds is 7. The van der Waals surface area contributed by atoms with Gasteiger partial charge in [-0.05, 0) is 49.6 Å². The molecule has 1 saturated heterocycles. The second-order valence-corrected chi connectivity index (χ2v) is 7.71. The Hall–Kier alpha value is -2.63. The second-order valence-electron chi connectivity index (χ2n) is 7.71. The van der Waals surface area contributed by atoms with E-state index in [0.717, 1.165) is 48.9 Å². The molecule has 29 heavy (non-hydrogen) atoms. The Bertz CT molecular complexity index is 921. The Morgan fingerprint density at radius 2 is 1.93 bits per heavy atom. The van der Waals surface area contributed by atoms with E-state index in [4.69, 9.17) is 14.6 Å². The molecule has 0 amide bonds. The number of hydrogen-bond acceptors (Lipinski definition) is 4. The predicted molar refractivity (Wildman–Crippen MR) is 115 cm³/mol. The first-order valence-corrected chi connectivity index (χ1v) is 10.3. The van der Waals surface area contributed by atoms with Crippen LogP contribution in [-0.4, -0.2) is 48.6 Å². The van der Waals surface area contributed by atoms with E-state index in [1.807, 2.05) is 35.0 Å². The molecule has 1 unspecified atom stereocenters. The highest BCUT2D eigenvalue weighted by molar-refractivity contribution is 5.65. The van der Waals surface area contributed by atoms with Crippen LogP contribution < -0.4 is 4.74 Å². The Morgan fingerprint density at radius 1 is 1.07 bits per heavy atom. The molecular formula is C24H29N3O2. The molecule has 0 aliphatic carbocycles. The molecule has 0 radical (unpaired) electrons. The highest BCUT2D eigenvalue weighted by atomic mass is 16.5. The van der Waals surface area contributed by atoms with Crippen molar-refractivity contribution in [3.8, 4) is 22.7 Å². The van der Waals surface area contributed by atoms with Crippen molar-refractivity contribution in [1.29, 1.82) is 0 Å². The summed E-state index contributed by atoms with van der Waals surface area (Å²) >= 11 is 0. The first kappa shape index (κ1) is 19.7. The number of hydrogen-bond donors (Lipinski definition) is 0. The molecule has 4 rings (SSSR count). The van der Waals surface area contributed by atoms with Crippen molar-refractivity contribution in [1.82, 2.24) is 14.7 Å². The molecule has 0 bridgehead atoms. The largest absolute Gasteiger partial charge is 0.497 e. The summed E-state index contributed by atoms with van der Waals surface area (Å²) in [6.07, 6.45) is 4.63. The summed E-state index contributed by atoms with van der Waals surface area (Å²) in [4.78, 5) is 2.53. The van der Waals surface area contributed by atoms with Crippen molar-refractivity contribution >= 4 is 0 Å². The first-order valence-electron chi connectivity index (χ1n) is 10.3. The number of methoxy groups -OCH3 is 2. The fourth-order valence-corrected chi connectivity index (χ4v) is 4.16. The van der Waals surface area contributed by atoms with Gasteiger partial charge in [0.05, 0.1) is 25.1 Å². The van der Waals surface area contributed by atoms with Gasteiger partial charge in [0.15, 0.2) is 0 Å². The lowest BCUT2D eigenvalue weighted by molar-refractivity contribution is 0.0874. The van der Waals surface area contributed by atoms with Gasteiger partial charge in [0.25, 0.3) is 0 Å². The number of aromatic nitrogens is 2. The Labute approximate surface area is 172 Å². The van der Waals surface area contributed by atoms with E-state index in [1.54, 1.807) is 14.2 Å². The highest BCUT2D eigenvalue weighted by Gasteiger charge is 2.22. The number of para-hydroxylation sites is 1. The first-order chi connectivity index (χ1) is 14.3. The molecule has 152 valence electrons. The van der Waals surface area contributed by atoms with E-state index in [9.17, 15) is 0 Å². The predicted octanol–water partition coefficient (Wildman–Crippen LogP) is 4.41. The third-order valence-corrected chi connectivity index (χ3v) is 5.55. The molecule has 3 aromatic rings. The lowest BCUT2D eigenvalue weighted by atomic mass is 9.98. The summed E-state index contributed by atoms with van der Waals surface area (Å²) in [5.74, 6) is 1.46. The van der Waals surface area contributed by atoms with Crippen molar-refractivity contribution in [3.63, 3.8) is 0 Å². The van der Waals surface area contributed by atoms with Crippen LogP contribution >= 0.6 is 0 Å². The summed E-state index contributed by atoms with van der Waals surface area (Å²) in [5.41, 5.74) is 4.40. The fourth-order valence-electron chi connectivity index (χ4n) is 4.16. The number of piperidine rings is 1. The zero-order chi connectivity index (χ0) is 20.1. The summed E-state index contributed by atoms with van der Waals surface area (Å²) in [6, 6.07) is 18.4. The quantitative estimate of drug-likeness (QED) is 0.598. The topological polar surface area (TPSA) is 39.5 Å². The van der Waals surface area contributed by atoms with Crippen LogP contribution in [0.2, 0.25) is 0 Å². The normalized spacial score (nSPS) is 17.4. The van der Waals surface area contributed by atoms with Gasteiger partial charge in [-0.2, -0.15) is 5.10 Å². The van der Waals surface area contributed by atoms with Gasteiger partial charge >= 0.3 is 0 Å². The average molecular weight is 392 g/mol. The third-order valence-electron chi connectivity index (χ3n) is 5.55. The van der Waals surface area contributed by atoms with Gasteiger partial charge in [-0.25, -0.2) is 4.68 Å². The van der Waals surface area contributed by atoms with Crippen molar-refractivity contribution < 1.29 is 9.47 Å². The van der Waals surface area contributed by atoms with E-state index in [0.29, 0.717) is 5.92 Å². The number of benzene rings is 2. The maximum atomic E-state index is 5.44. The molecule has 5 nitrogen and oxygen atoms in total. The molecule has 0 spiro atoms. The zero-order valence-electron chi connectivity index (χ0n) is 17.3. The van der Waals surface area contributed by atoms with Crippen LogP contribution in [-0.2, 0) is 11.3 Å². The lowest BCUT2D eigenvalue weighted by Gasteiger charge is -2.32. The van der Waals surface area contributed by atoms with Crippen molar-refractivity contribution in [3.05, 3.63) is 66.4 Å². The van der Waals surface area contributed by atoms with Gasteiger partial charge in [-0.3, -0.25) is 4.90 Å². The maximum Gasteiger partial charge on any atom is 0.119 e. The number of nitrogens with zero attached hydrogens (tertiary/aromatic N) is 3. The molecule has 0 N–H and O–H groups in total. The molecule has 1 aromatic heterocycles. The lowest BCUT2D eigenvalue weighted by Crippen LogP contribution is -2.36. The smallest absolute Gasteiger partial charge is 0.119 e. The van der Waals surface area contributed by atoms with Crippen LogP contribution in [0.15, 0.2) is 60.8 Å². The molecule has 1 aliphatic heterocycles. The molecule has 2 aromatic carbocycles. The summed E-state index contributed by atoms with van der Waals surface area (Å²) < 4.78 is 12.8. The van der Waals surface area contributed by atoms with Gasteiger partial charge in [0.2, 0.25) is 0 Å². The molecule has 0 saturated carbocycles. The summed E-state index contributed by atoms with van der Waals surface area (Å²) in [5, 5.41) is 4.96. The number of ether oxygens (including phenoxy) is 2. The monoisotopic (exact) mass is 391 g/mol. The van der Waals surface area contributed by atoms with Crippen LogP contribution in [0.1, 0.15) is 18.4 Å². The Kier molecular flexibility index (Phi) is 6.27. The van der Waals surface area contributed by atoms with Crippen LogP contribution in [0.3, 0.4) is 0 Å². The van der Waals surface area contributed by atoms with Gasteiger partial charge in [0, 0.05) is 37.5 Å². The second kappa shape index (κ2) is 9.25. The van der Waals surface area contributed by atoms with Crippen molar-refractivity contribution in [2.45, 2.75) is 19.4 Å². The maximum absolute atomic E-state index is 5.44. The van der Waals surface area contributed by atoms with E-state index in [2.05, 4.69) is 35.4 Å². The van der Waals surface area contributed by atoms with E-state index < -0.39 is 0 Å². The minimum absolute atomic E-state index is 0.609. The van der Waals surface area contributed by atoms with Crippen molar-refractivity contribution in [2.24, 2.45) is 5.92 Å². The molecule has 2 heterocycles. The van der Waals surface area contributed by atoms with Crippen LogP contribution in [0.25, 0.3) is 16.9 Å². The minimum atomic E-state index is 0.609. The van der Waals surface area contributed by atoms with Crippen LogP contribution in [0.4, 0.5) is 0 Å². The molecule has 1 fully saturated rings. The number of likely N-dealkylation sites (tertiary alicyclic amines) is 1. The fraction of sp³-hybridized carbons (Fsp3) is 0.375. The minimum Gasteiger partial charge on any atom is -0.497 e. The van der Waals surface area contributed by atoms with Gasteiger partial charge in [0.1, 0.15) is 5.75 Å². The Morgan fingerprint density at radius 3 is 2.72 bits per heavy atom. The Balaban J connectivity index is 1.66. The molecule has 5 heteroatoms. The van der Waals surface area contributed by atoms with Gasteiger partial charge < -0.3 is 9.47 Å². The van der Waals surface area contributed by atoms with Crippen LogP contribution in [0, 0.1) is 5.92 Å². The highest BCUT2D eigenvalue weighted by Crippen LogP contribution is 2.29. The molecule has 1 aliphatic rings. The van der Waals surface area contributed by atoms with Gasteiger partial charge in [-0.1, -0.05) is 30.3 Å². The standard InChI is InChI=1S/C24H29N3O2/c1-28-18-19-8-7-13-26(15-19)16-21-17-27(22-10-4-3-5-11-22)25-24(21)20-9-6-12-23(14-20)29-2/h3-6,9-12,14,17,19H,7-8,13,15-16,18H2,1-2H3. The van der Waals surface area contributed by atoms with Crippen molar-refractivity contribution in [2.75, 3.05) is 33.9 Å². The van der Waals surface area contributed by atoms with E-state index >= 15 is 0 Å².